The van der Waals surface area contributed by atoms with Gasteiger partial charge in [-0.25, -0.2) is 9.18 Å². The lowest BCUT2D eigenvalue weighted by molar-refractivity contribution is 0.0898. The van der Waals surface area contributed by atoms with Crippen molar-refractivity contribution in [1.29, 1.82) is 0 Å². The molecule has 0 aliphatic carbocycles. The van der Waals surface area contributed by atoms with Crippen LogP contribution in [0.3, 0.4) is 0 Å². The molecule has 0 radical (unpaired) electrons. The van der Waals surface area contributed by atoms with E-state index in [2.05, 4.69) is 5.32 Å². The molecule has 82 valence electrons. The topological polar surface area (TPSA) is 37.3 Å². The van der Waals surface area contributed by atoms with Gasteiger partial charge in [0.1, 0.15) is 6.17 Å². The van der Waals surface area contributed by atoms with Crippen molar-refractivity contribution < 1.29 is 9.18 Å². The highest BCUT2D eigenvalue weighted by molar-refractivity contribution is 5.75. The largest absolute Gasteiger partial charge is 0.353 e. The molecule has 1 aliphatic heterocycles. The van der Waals surface area contributed by atoms with Crippen LogP contribution in [-0.2, 0) is 6.54 Å². The van der Waals surface area contributed by atoms with Gasteiger partial charge >= 0.3 is 6.03 Å². The first-order chi connectivity index (χ1) is 7.25. The number of carbonyl (C=O) groups excluding carboxylic acids is 1. The number of carbonyl (C=O) groups is 1. The Hall–Kier alpha value is -1.52. The average Bonchev–Trinajstić information content (AvgIpc) is 2.65. The lowest BCUT2D eigenvalue weighted by atomic mass is 10.2. The normalized spacial score (nSPS) is 16.2. The molecule has 1 aliphatic rings. The van der Waals surface area contributed by atoms with Gasteiger partial charge in [-0.1, -0.05) is 0 Å². The van der Waals surface area contributed by atoms with Crippen molar-refractivity contribution >= 4 is 6.03 Å². The minimum Gasteiger partial charge on any atom is -0.353 e. The molecule has 0 saturated carbocycles. The maximum absolute atomic E-state index is 12.4. The lowest BCUT2D eigenvalue weighted by Crippen LogP contribution is -2.55. The second-order valence-electron chi connectivity index (χ2n) is 3.66. The van der Waals surface area contributed by atoms with Crippen molar-refractivity contribution in [3.63, 3.8) is 0 Å². The third-order valence-corrected chi connectivity index (χ3v) is 2.44. The Morgan fingerprint density at radius 3 is 2.67 bits per heavy atom. The third-order valence-electron chi connectivity index (χ3n) is 2.44. The van der Waals surface area contributed by atoms with Crippen LogP contribution in [-0.4, -0.2) is 41.3 Å². The van der Waals surface area contributed by atoms with Gasteiger partial charge < -0.3 is 14.8 Å². The summed E-state index contributed by atoms with van der Waals surface area (Å²) in [5.41, 5.74) is 0. The van der Waals surface area contributed by atoms with E-state index in [1.54, 1.807) is 0 Å². The molecule has 0 aromatic carbocycles. The van der Waals surface area contributed by atoms with E-state index >= 15 is 0 Å². The summed E-state index contributed by atoms with van der Waals surface area (Å²) < 4.78 is 14.4. The van der Waals surface area contributed by atoms with Gasteiger partial charge in [0, 0.05) is 25.5 Å². The summed E-state index contributed by atoms with van der Waals surface area (Å²) in [4.78, 5) is 12.8. The predicted octanol–water partition coefficient (Wildman–Crippen LogP) is 0.851. The van der Waals surface area contributed by atoms with Crippen LogP contribution in [0, 0.1) is 0 Å². The van der Waals surface area contributed by atoms with Gasteiger partial charge in [0.15, 0.2) is 0 Å². The van der Waals surface area contributed by atoms with E-state index in [4.69, 9.17) is 0 Å². The van der Waals surface area contributed by atoms with Crippen LogP contribution in [0.25, 0.3) is 0 Å². The van der Waals surface area contributed by atoms with Crippen LogP contribution < -0.4 is 5.32 Å². The fourth-order valence-electron chi connectivity index (χ4n) is 1.51. The summed E-state index contributed by atoms with van der Waals surface area (Å²) in [7, 11) is 0. The Kier molecular flexibility index (Phi) is 2.89. The van der Waals surface area contributed by atoms with E-state index in [1.807, 2.05) is 29.1 Å². The van der Waals surface area contributed by atoms with Gasteiger partial charge in [0.2, 0.25) is 0 Å². The van der Waals surface area contributed by atoms with Crippen molar-refractivity contribution in [2.75, 3.05) is 19.6 Å². The monoisotopic (exact) mass is 211 g/mol. The Balaban J connectivity index is 1.64. The Morgan fingerprint density at radius 2 is 2.07 bits per heavy atom. The number of hydrogen-bond acceptors (Lipinski definition) is 1. The molecule has 4 nitrogen and oxygen atoms in total. The zero-order valence-electron chi connectivity index (χ0n) is 8.40. The number of halogens is 1. The molecular formula is C10H14FN3O. The number of alkyl halides is 1. The van der Waals surface area contributed by atoms with Crippen molar-refractivity contribution in [3.8, 4) is 0 Å². The Labute approximate surface area is 87.7 Å². The summed E-state index contributed by atoms with van der Waals surface area (Å²) in [6, 6.07) is 3.70. The van der Waals surface area contributed by atoms with Crippen molar-refractivity contribution in [1.82, 2.24) is 14.8 Å². The first kappa shape index (κ1) is 10.0. The van der Waals surface area contributed by atoms with Crippen LogP contribution in [0.1, 0.15) is 0 Å². The van der Waals surface area contributed by atoms with E-state index in [0.29, 0.717) is 6.54 Å². The van der Waals surface area contributed by atoms with E-state index in [1.165, 1.54) is 4.90 Å². The van der Waals surface area contributed by atoms with Gasteiger partial charge in [0.25, 0.3) is 0 Å². The van der Waals surface area contributed by atoms with Gasteiger partial charge in [-0.3, -0.25) is 0 Å². The maximum atomic E-state index is 12.4. The van der Waals surface area contributed by atoms with E-state index in [9.17, 15) is 9.18 Å². The molecule has 15 heavy (non-hydrogen) atoms. The fraction of sp³-hybridized carbons (Fsp3) is 0.500. The van der Waals surface area contributed by atoms with Gasteiger partial charge in [-0.15, -0.1) is 0 Å². The molecule has 1 N–H and O–H groups in total. The minimum atomic E-state index is -0.833. The summed E-state index contributed by atoms with van der Waals surface area (Å²) >= 11 is 0. The summed E-state index contributed by atoms with van der Waals surface area (Å²) in [6.07, 6.45) is 3.04. The molecule has 2 heterocycles. The first-order valence-electron chi connectivity index (χ1n) is 5.03. The smallest absolute Gasteiger partial charge is 0.317 e. The highest BCUT2D eigenvalue weighted by atomic mass is 19.1. The molecule has 1 aromatic heterocycles. The second-order valence-corrected chi connectivity index (χ2v) is 3.66. The molecule has 1 fully saturated rings. The Bertz CT molecular complexity index is 319. The molecule has 0 spiro atoms. The quantitative estimate of drug-likeness (QED) is 0.790. The predicted molar refractivity (Wildman–Crippen MR) is 54.3 cm³/mol. The van der Waals surface area contributed by atoms with E-state index < -0.39 is 6.17 Å². The SMILES string of the molecule is O=C(NCCn1cccc1)N1CC(F)C1. The molecule has 0 bridgehead atoms. The Morgan fingerprint density at radius 1 is 1.40 bits per heavy atom. The zero-order valence-corrected chi connectivity index (χ0v) is 8.40. The maximum Gasteiger partial charge on any atom is 0.317 e. The summed E-state index contributed by atoms with van der Waals surface area (Å²) in [6.45, 7) is 1.78. The van der Waals surface area contributed by atoms with Crippen molar-refractivity contribution in [2.24, 2.45) is 0 Å². The van der Waals surface area contributed by atoms with Crippen molar-refractivity contribution in [3.05, 3.63) is 24.5 Å². The zero-order chi connectivity index (χ0) is 10.7. The number of aromatic nitrogens is 1. The van der Waals surface area contributed by atoms with Gasteiger partial charge in [-0.05, 0) is 12.1 Å². The van der Waals surface area contributed by atoms with Gasteiger partial charge in [0.05, 0.1) is 13.1 Å². The minimum absolute atomic E-state index is 0.170. The first-order valence-corrected chi connectivity index (χ1v) is 5.03. The second kappa shape index (κ2) is 4.33. The molecule has 0 unspecified atom stereocenters. The molecule has 5 heteroatoms. The van der Waals surface area contributed by atoms with Crippen LogP contribution in [0.2, 0.25) is 0 Å². The molecular weight excluding hydrogens is 197 g/mol. The molecule has 0 atom stereocenters. The highest BCUT2D eigenvalue weighted by Gasteiger charge is 2.29. The van der Waals surface area contributed by atoms with Crippen LogP contribution in [0.5, 0.6) is 0 Å². The number of urea groups is 1. The standard InChI is InChI=1S/C10H14FN3O/c11-9-7-14(8-9)10(15)12-3-6-13-4-1-2-5-13/h1-2,4-5,9H,3,6-8H2,(H,12,15). The number of nitrogens with zero attached hydrogens (tertiary/aromatic N) is 2. The van der Waals surface area contributed by atoms with Crippen LogP contribution in [0.15, 0.2) is 24.5 Å². The molecule has 2 amide bonds. The van der Waals surface area contributed by atoms with E-state index in [-0.39, 0.29) is 19.1 Å². The molecule has 2 rings (SSSR count). The lowest BCUT2D eigenvalue weighted by Gasteiger charge is -2.34. The number of hydrogen-bond donors (Lipinski definition) is 1. The van der Waals surface area contributed by atoms with Crippen LogP contribution >= 0.6 is 0 Å². The number of rotatable bonds is 3. The van der Waals surface area contributed by atoms with Gasteiger partial charge in [-0.2, -0.15) is 0 Å². The molecule has 1 aromatic rings. The highest BCUT2D eigenvalue weighted by Crippen LogP contribution is 2.10. The summed E-state index contributed by atoms with van der Waals surface area (Å²) in [5, 5.41) is 2.74. The third kappa shape index (κ3) is 2.49. The van der Waals surface area contributed by atoms with Crippen LogP contribution in [0.4, 0.5) is 9.18 Å². The average molecular weight is 211 g/mol. The summed E-state index contributed by atoms with van der Waals surface area (Å²) in [5.74, 6) is 0. The van der Waals surface area contributed by atoms with Crippen molar-refractivity contribution in [2.45, 2.75) is 12.7 Å². The number of amides is 2. The fourth-order valence-corrected chi connectivity index (χ4v) is 1.51. The van der Waals surface area contributed by atoms with E-state index in [0.717, 1.165) is 6.54 Å². The number of nitrogens with one attached hydrogen (secondary N) is 1. The molecule has 1 saturated heterocycles. The number of likely N-dealkylation sites (tertiary alicyclic amines) is 1.